The molecule has 1 amide bonds. The van der Waals surface area contributed by atoms with E-state index in [-0.39, 0.29) is 5.91 Å². The fraction of sp³-hybridized carbons (Fsp3) is 0.375. The molecule has 1 heterocycles. The average Bonchev–Trinajstić information content (AvgIpc) is 3.19. The lowest BCUT2D eigenvalue weighted by molar-refractivity contribution is 0.0953. The number of fused-ring (bicyclic) bond motifs is 1. The van der Waals surface area contributed by atoms with E-state index in [4.69, 9.17) is 0 Å². The number of hydrogen-bond acceptors (Lipinski definition) is 3. The number of nitrogens with one attached hydrogen (secondary N) is 2. The molecule has 2 N–H and O–H groups in total. The molecule has 1 aromatic heterocycles. The van der Waals surface area contributed by atoms with E-state index in [1.54, 1.807) is 0 Å². The molecule has 1 aromatic carbocycles. The molecular formula is C16H19N3O. The van der Waals surface area contributed by atoms with Crippen molar-refractivity contribution in [2.75, 3.05) is 18.9 Å². The van der Waals surface area contributed by atoms with Gasteiger partial charge in [0.1, 0.15) is 5.82 Å². The van der Waals surface area contributed by atoms with Gasteiger partial charge in [-0.2, -0.15) is 0 Å². The quantitative estimate of drug-likeness (QED) is 0.897. The van der Waals surface area contributed by atoms with Gasteiger partial charge in [0.05, 0.1) is 11.1 Å². The third-order valence-electron chi connectivity index (χ3n) is 4.02. The number of hydrogen-bond donors (Lipinski definition) is 2. The molecule has 0 saturated heterocycles. The smallest absolute Gasteiger partial charge is 0.252 e. The van der Waals surface area contributed by atoms with Gasteiger partial charge in [0, 0.05) is 19.0 Å². The molecule has 0 bridgehead atoms. The molecule has 1 fully saturated rings. The van der Waals surface area contributed by atoms with E-state index in [1.807, 2.05) is 37.4 Å². The van der Waals surface area contributed by atoms with Crippen LogP contribution in [0.3, 0.4) is 0 Å². The Morgan fingerprint density at radius 3 is 2.85 bits per heavy atom. The van der Waals surface area contributed by atoms with Gasteiger partial charge in [0.15, 0.2) is 0 Å². The number of pyridine rings is 1. The van der Waals surface area contributed by atoms with Crippen LogP contribution >= 0.6 is 0 Å². The van der Waals surface area contributed by atoms with E-state index in [0.717, 1.165) is 23.4 Å². The van der Waals surface area contributed by atoms with Crippen molar-refractivity contribution < 1.29 is 4.79 Å². The summed E-state index contributed by atoms with van der Waals surface area (Å²) >= 11 is 0. The largest absolute Gasteiger partial charge is 0.373 e. The molecule has 1 aliphatic carbocycles. The number of aromatic nitrogens is 1. The van der Waals surface area contributed by atoms with Crippen LogP contribution in [0.4, 0.5) is 5.82 Å². The van der Waals surface area contributed by atoms with Crippen LogP contribution in [0.25, 0.3) is 10.9 Å². The third-order valence-corrected chi connectivity index (χ3v) is 4.02. The molecule has 20 heavy (non-hydrogen) atoms. The highest BCUT2D eigenvalue weighted by atomic mass is 16.1. The summed E-state index contributed by atoms with van der Waals surface area (Å²) < 4.78 is 0. The van der Waals surface area contributed by atoms with Gasteiger partial charge in [-0.25, -0.2) is 4.98 Å². The van der Waals surface area contributed by atoms with Crippen molar-refractivity contribution >= 4 is 22.6 Å². The molecule has 4 nitrogen and oxygen atoms in total. The van der Waals surface area contributed by atoms with Gasteiger partial charge in [-0.3, -0.25) is 4.79 Å². The maximum Gasteiger partial charge on any atom is 0.252 e. The highest BCUT2D eigenvalue weighted by molar-refractivity contribution is 6.06. The highest BCUT2D eigenvalue weighted by Gasteiger charge is 2.32. The first-order valence-corrected chi connectivity index (χ1v) is 7.05. The zero-order valence-electron chi connectivity index (χ0n) is 11.8. The Morgan fingerprint density at radius 1 is 1.40 bits per heavy atom. The summed E-state index contributed by atoms with van der Waals surface area (Å²) in [5.74, 6) is 2.10. The first kappa shape index (κ1) is 12.9. The van der Waals surface area contributed by atoms with Crippen LogP contribution in [0.1, 0.15) is 23.7 Å². The minimum absolute atomic E-state index is 0.0146. The lowest BCUT2D eigenvalue weighted by atomic mass is 10.1. The van der Waals surface area contributed by atoms with E-state index in [9.17, 15) is 4.79 Å². The second-order valence-corrected chi connectivity index (χ2v) is 5.51. The van der Waals surface area contributed by atoms with Gasteiger partial charge in [-0.05, 0) is 30.4 Å². The average molecular weight is 269 g/mol. The van der Waals surface area contributed by atoms with Crippen molar-refractivity contribution in [3.63, 3.8) is 0 Å². The van der Waals surface area contributed by atoms with E-state index < -0.39 is 0 Å². The molecule has 1 saturated carbocycles. The van der Waals surface area contributed by atoms with Gasteiger partial charge in [-0.1, -0.05) is 25.1 Å². The molecule has 2 aromatic rings. The number of anilines is 1. The second-order valence-electron chi connectivity index (χ2n) is 5.51. The van der Waals surface area contributed by atoms with E-state index in [1.165, 1.54) is 6.42 Å². The van der Waals surface area contributed by atoms with Crippen LogP contribution < -0.4 is 10.6 Å². The Morgan fingerprint density at radius 2 is 2.15 bits per heavy atom. The number of carbonyl (C=O) groups is 1. The van der Waals surface area contributed by atoms with Crippen LogP contribution in [-0.2, 0) is 0 Å². The fourth-order valence-electron chi connectivity index (χ4n) is 2.49. The highest BCUT2D eigenvalue weighted by Crippen LogP contribution is 2.36. The lowest BCUT2D eigenvalue weighted by Crippen LogP contribution is -2.26. The van der Waals surface area contributed by atoms with Crippen molar-refractivity contribution in [1.82, 2.24) is 10.3 Å². The SMILES string of the molecule is CNc1cc(C(=O)NCC2CC2C)c2ccccc2n1. The number of rotatable bonds is 4. The summed E-state index contributed by atoms with van der Waals surface area (Å²) in [7, 11) is 1.81. The minimum Gasteiger partial charge on any atom is -0.373 e. The molecule has 1 aliphatic rings. The molecular weight excluding hydrogens is 250 g/mol. The van der Waals surface area contributed by atoms with Crippen LogP contribution in [-0.4, -0.2) is 24.5 Å². The van der Waals surface area contributed by atoms with E-state index >= 15 is 0 Å². The first-order chi connectivity index (χ1) is 9.69. The summed E-state index contributed by atoms with van der Waals surface area (Å²) in [4.78, 5) is 16.9. The van der Waals surface area contributed by atoms with Crippen LogP contribution in [0.5, 0.6) is 0 Å². The molecule has 2 unspecified atom stereocenters. The van der Waals surface area contributed by atoms with Gasteiger partial charge in [0.2, 0.25) is 0 Å². The Bertz CT molecular complexity index is 653. The van der Waals surface area contributed by atoms with Crippen LogP contribution in [0, 0.1) is 11.8 Å². The number of amides is 1. The van der Waals surface area contributed by atoms with Crippen molar-refractivity contribution in [1.29, 1.82) is 0 Å². The number of nitrogens with zero attached hydrogens (tertiary/aromatic N) is 1. The summed E-state index contributed by atoms with van der Waals surface area (Å²) in [5, 5.41) is 6.94. The van der Waals surface area contributed by atoms with Crippen molar-refractivity contribution in [2.45, 2.75) is 13.3 Å². The minimum atomic E-state index is -0.0146. The van der Waals surface area contributed by atoms with Crippen LogP contribution in [0.2, 0.25) is 0 Å². The van der Waals surface area contributed by atoms with Gasteiger partial charge >= 0.3 is 0 Å². The Kier molecular flexibility index (Phi) is 3.30. The molecule has 0 aliphatic heterocycles. The van der Waals surface area contributed by atoms with E-state index in [0.29, 0.717) is 17.3 Å². The van der Waals surface area contributed by atoms with Gasteiger partial charge < -0.3 is 10.6 Å². The van der Waals surface area contributed by atoms with E-state index in [2.05, 4.69) is 22.5 Å². The molecule has 104 valence electrons. The predicted octanol–water partition coefficient (Wildman–Crippen LogP) is 2.66. The summed E-state index contributed by atoms with van der Waals surface area (Å²) in [5.41, 5.74) is 1.53. The van der Waals surface area contributed by atoms with Crippen molar-refractivity contribution in [3.05, 3.63) is 35.9 Å². The molecule has 4 heteroatoms. The molecule has 0 radical (unpaired) electrons. The Balaban J connectivity index is 1.90. The Hall–Kier alpha value is -2.10. The van der Waals surface area contributed by atoms with Crippen LogP contribution in [0.15, 0.2) is 30.3 Å². The third kappa shape index (κ3) is 2.46. The predicted molar refractivity (Wildman–Crippen MR) is 80.9 cm³/mol. The summed E-state index contributed by atoms with van der Waals surface area (Å²) in [6.45, 7) is 2.99. The normalized spacial score (nSPS) is 20.7. The topological polar surface area (TPSA) is 54.0 Å². The Labute approximate surface area is 118 Å². The molecule has 2 atom stereocenters. The van der Waals surface area contributed by atoms with Crippen molar-refractivity contribution in [2.24, 2.45) is 11.8 Å². The zero-order valence-corrected chi connectivity index (χ0v) is 11.8. The molecule has 0 spiro atoms. The number of benzene rings is 1. The monoisotopic (exact) mass is 269 g/mol. The maximum absolute atomic E-state index is 12.4. The maximum atomic E-state index is 12.4. The lowest BCUT2D eigenvalue weighted by Gasteiger charge is -2.10. The fourth-order valence-corrected chi connectivity index (χ4v) is 2.49. The number of para-hydroxylation sites is 1. The zero-order chi connectivity index (χ0) is 14.1. The second kappa shape index (κ2) is 5.12. The first-order valence-electron chi connectivity index (χ1n) is 7.05. The summed E-state index contributed by atoms with van der Waals surface area (Å²) in [6, 6.07) is 9.55. The van der Waals surface area contributed by atoms with Gasteiger partial charge in [0.25, 0.3) is 5.91 Å². The summed E-state index contributed by atoms with van der Waals surface area (Å²) in [6.07, 6.45) is 1.22. The van der Waals surface area contributed by atoms with Gasteiger partial charge in [-0.15, -0.1) is 0 Å². The standard InChI is InChI=1S/C16H19N3O/c1-10-7-11(10)9-18-16(20)13-8-15(17-2)19-14-6-4-3-5-12(13)14/h3-6,8,10-11H,7,9H2,1-2H3,(H,17,19)(H,18,20). The molecule has 3 rings (SSSR count). The van der Waals surface area contributed by atoms with Crippen molar-refractivity contribution in [3.8, 4) is 0 Å². The number of carbonyl (C=O) groups excluding carboxylic acids is 1.